The lowest BCUT2D eigenvalue weighted by Gasteiger charge is -2.21. The van der Waals surface area contributed by atoms with E-state index in [-0.39, 0.29) is 23.1 Å². The predicted octanol–water partition coefficient (Wildman–Crippen LogP) is 4.67. The van der Waals surface area contributed by atoms with Crippen LogP contribution in [0.2, 0.25) is 0 Å². The zero-order valence-corrected chi connectivity index (χ0v) is 18.1. The smallest absolute Gasteiger partial charge is 0.246 e. The van der Waals surface area contributed by atoms with Gasteiger partial charge in [-0.25, -0.2) is 8.42 Å². The lowest BCUT2D eigenvalue weighted by molar-refractivity contribution is -0.119. The lowest BCUT2D eigenvalue weighted by atomic mass is 10.2. The number of likely N-dealkylation sites (N-methyl/N-ethyl adjacent to an activating group) is 1. The maximum absolute atomic E-state index is 13.2. The third-order valence-corrected chi connectivity index (χ3v) is 6.99. The topological polar surface area (TPSA) is 59.4 Å². The highest BCUT2D eigenvalue weighted by molar-refractivity contribution is 7.90. The second kappa shape index (κ2) is 8.78. The SMILES string of the molecule is CCN(C(=O)Cn1cc(S(=O)(=O)Cc2ccccc2)c2ccccc21)c1ccccc1. The first kappa shape index (κ1) is 20.9. The van der Waals surface area contributed by atoms with Crippen molar-refractivity contribution >= 4 is 32.3 Å². The molecule has 0 aliphatic rings. The van der Waals surface area contributed by atoms with Crippen molar-refractivity contribution in [2.45, 2.75) is 24.1 Å². The van der Waals surface area contributed by atoms with Crippen LogP contribution in [0.15, 0.2) is 96.0 Å². The molecule has 0 saturated heterocycles. The number of para-hydroxylation sites is 2. The number of fused-ring (bicyclic) bond motifs is 1. The highest BCUT2D eigenvalue weighted by Gasteiger charge is 2.23. The third kappa shape index (κ3) is 4.39. The van der Waals surface area contributed by atoms with Crippen molar-refractivity contribution < 1.29 is 13.2 Å². The van der Waals surface area contributed by atoms with Crippen LogP contribution in [0.25, 0.3) is 10.9 Å². The van der Waals surface area contributed by atoms with E-state index in [4.69, 9.17) is 0 Å². The fourth-order valence-corrected chi connectivity index (χ4v) is 5.39. The molecule has 0 bridgehead atoms. The molecule has 0 saturated carbocycles. The minimum absolute atomic E-state index is 0.0596. The number of nitrogens with zero attached hydrogens (tertiary/aromatic N) is 2. The van der Waals surface area contributed by atoms with Crippen LogP contribution in [0.4, 0.5) is 5.69 Å². The molecule has 0 radical (unpaired) electrons. The Kier molecular flexibility index (Phi) is 5.91. The van der Waals surface area contributed by atoms with Crippen molar-refractivity contribution in [1.82, 2.24) is 4.57 Å². The van der Waals surface area contributed by atoms with E-state index in [2.05, 4.69) is 0 Å². The second-order valence-electron chi connectivity index (χ2n) is 7.36. The summed E-state index contributed by atoms with van der Waals surface area (Å²) in [6, 6.07) is 25.9. The normalized spacial score (nSPS) is 11.5. The highest BCUT2D eigenvalue weighted by atomic mass is 32.2. The first-order valence-electron chi connectivity index (χ1n) is 10.2. The van der Waals surface area contributed by atoms with Gasteiger partial charge in [-0.2, -0.15) is 0 Å². The molecule has 6 heteroatoms. The van der Waals surface area contributed by atoms with Crippen molar-refractivity contribution in [2.75, 3.05) is 11.4 Å². The molecule has 1 heterocycles. The van der Waals surface area contributed by atoms with Crippen molar-refractivity contribution in [3.63, 3.8) is 0 Å². The van der Waals surface area contributed by atoms with Crippen LogP contribution < -0.4 is 4.90 Å². The van der Waals surface area contributed by atoms with Crippen LogP contribution >= 0.6 is 0 Å². The molecule has 4 rings (SSSR count). The third-order valence-electron chi connectivity index (χ3n) is 5.28. The zero-order valence-electron chi connectivity index (χ0n) is 17.3. The van der Waals surface area contributed by atoms with Crippen molar-refractivity contribution in [3.8, 4) is 0 Å². The summed E-state index contributed by atoms with van der Waals surface area (Å²) in [4.78, 5) is 15.0. The van der Waals surface area contributed by atoms with Crippen LogP contribution in [-0.2, 0) is 26.9 Å². The second-order valence-corrected chi connectivity index (χ2v) is 9.31. The Hall–Kier alpha value is -3.38. The molecule has 1 amide bonds. The van der Waals surface area contributed by atoms with Gasteiger partial charge in [0.1, 0.15) is 6.54 Å². The zero-order chi connectivity index (χ0) is 21.8. The van der Waals surface area contributed by atoms with Crippen LogP contribution in [0.5, 0.6) is 0 Å². The molecule has 0 unspecified atom stereocenters. The predicted molar refractivity (Wildman–Crippen MR) is 124 cm³/mol. The maximum atomic E-state index is 13.2. The average molecular weight is 433 g/mol. The molecule has 0 fully saturated rings. The molecule has 0 N–H and O–H groups in total. The molecule has 0 aliphatic heterocycles. The van der Waals surface area contributed by atoms with Gasteiger partial charge < -0.3 is 9.47 Å². The minimum atomic E-state index is -3.58. The first-order valence-corrected chi connectivity index (χ1v) is 11.8. The number of aromatic nitrogens is 1. The van der Waals surface area contributed by atoms with Gasteiger partial charge in [0.15, 0.2) is 9.84 Å². The Balaban J connectivity index is 1.69. The maximum Gasteiger partial charge on any atom is 0.246 e. The Labute approximate surface area is 182 Å². The summed E-state index contributed by atoms with van der Waals surface area (Å²) >= 11 is 0. The largest absolute Gasteiger partial charge is 0.337 e. The van der Waals surface area contributed by atoms with E-state index in [0.717, 1.165) is 16.8 Å². The number of sulfone groups is 1. The summed E-state index contributed by atoms with van der Waals surface area (Å²) in [5.41, 5.74) is 2.28. The van der Waals surface area contributed by atoms with E-state index in [1.807, 2.05) is 73.7 Å². The van der Waals surface area contributed by atoms with Gasteiger partial charge in [-0.15, -0.1) is 0 Å². The van der Waals surface area contributed by atoms with Gasteiger partial charge >= 0.3 is 0 Å². The summed E-state index contributed by atoms with van der Waals surface area (Å²) in [5, 5.41) is 0.633. The molecule has 158 valence electrons. The van der Waals surface area contributed by atoms with Gasteiger partial charge in [0, 0.05) is 29.3 Å². The molecule has 31 heavy (non-hydrogen) atoms. The van der Waals surface area contributed by atoms with E-state index in [0.29, 0.717) is 11.9 Å². The van der Waals surface area contributed by atoms with Gasteiger partial charge in [-0.05, 0) is 30.7 Å². The highest BCUT2D eigenvalue weighted by Crippen LogP contribution is 2.28. The number of amides is 1. The summed E-state index contributed by atoms with van der Waals surface area (Å²) in [7, 11) is -3.58. The average Bonchev–Trinajstić information content (AvgIpc) is 3.15. The van der Waals surface area contributed by atoms with Crippen LogP contribution in [-0.4, -0.2) is 25.4 Å². The van der Waals surface area contributed by atoms with Gasteiger partial charge in [0.05, 0.1) is 10.6 Å². The van der Waals surface area contributed by atoms with E-state index in [1.54, 1.807) is 33.9 Å². The van der Waals surface area contributed by atoms with E-state index >= 15 is 0 Å². The van der Waals surface area contributed by atoms with Crippen molar-refractivity contribution in [3.05, 3.63) is 96.7 Å². The quantitative estimate of drug-likeness (QED) is 0.426. The fraction of sp³-hybridized carbons (Fsp3) is 0.160. The van der Waals surface area contributed by atoms with Crippen LogP contribution in [0.3, 0.4) is 0 Å². The number of hydrogen-bond donors (Lipinski definition) is 0. The monoisotopic (exact) mass is 432 g/mol. The molecule has 1 aromatic heterocycles. The first-order chi connectivity index (χ1) is 15.0. The fourth-order valence-electron chi connectivity index (χ4n) is 3.81. The van der Waals surface area contributed by atoms with E-state index in [9.17, 15) is 13.2 Å². The number of anilines is 1. The molecular weight excluding hydrogens is 408 g/mol. The molecule has 0 spiro atoms. The number of rotatable bonds is 7. The van der Waals surface area contributed by atoms with Crippen LogP contribution in [0, 0.1) is 0 Å². The molecular formula is C25H24N2O3S. The van der Waals surface area contributed by atoms with Crippen molar-refractivity contribution in [2.24, 2.45) is 0 Å². The Morgan fingerprint density at radius 1 is 0.871 bits per heavy atom. The Morgan fingerprint density at radius 2 is 1.48 bits per heavy atom. The molecule has 3 aromatic carbocycles. The van der Waals surface area contributed by atoms with E-state index in [1.165, 1.54) is 0 Å². The van der Waals surface area contributed by atoms with Gasteiger partial charge in [-0.3, -0.25) is 4.79 Å². The molecule has 4 aromatic rings. The van der Waals surface area contributed by atoms with Gasteiger partial charge in [-0.1, -0.05) is 66.7 Å². The van der Waals surface area contributed by atoms with Crippen LogP contribution in [0.1, 0.15) is 12.5 Å². The summed E-state index contributed by atoms with van der Waals surface area (Å²) < 4.78 is 28.2. The lowest BCUT2D eigenvalue weighted by Crippen LogP contribution is -2.33. The molecule has 5 nitrogen and oxygen atoms in total. The van der Waals surface area contributed by atoms with Gasteiger partial charge in [0.25, 0.3) is 0 Å². The standard InChI is InChI=1S/C25H24N2O3S/c1-2-27(21-13-7-4-8-14-21)25(28)18-26-17-24(22-15-9-10-16-23(22)26)31(29,30)19-20-11-5-3-6-12-20/h3-17H,2,18-19H2,1H3. The summed E-state index contributed by atoms with van der Waals surface area (Å²) in [5.74, 6) is -0.178. The minimum Gasteiger partial charge on any atom is -0.337 e. The number of hydrogen-bond acceptors (Lipinski definition) is 3. The van der Waals surface area contributed by atoms with E-state index < -0.39 is 9.84 Å². The number of carbonyl (C=O) groups is 1. The molecule has 0 atom stereocenters. The number of carbonyl (C=O) groups excluding carboxylic acids is 1. The Bertz CT molecular complexity index is 1300. The van der Waals surface area contributed by atoms with Crippen molar-refractivity contribution in [1.29, 1.82) is 0 Å². The molecule has 0 aliphatic carbocycles. The number of benzene rings is 3. The summed E-state index contributed by atoms with van der Waals surface area (Å²) in [6.45, 7) is 2.51. The van der Waals surface area contributed by atoms with Gasteiger partial charge in [0.2, 0.25) is 5.91 Å². The summed E-state index contributed by atoms with van der Waals surface area (Å²) in [6.07, 6.45) is 1.60. The Morgan fingerprint density at radius 3 is 2.16 bits per heavy atom.